The molecule has 0 atom stereocenters. The SMILES string of the molecule is CCNC(=NCc1ncc(C(C)(C)C)o1)NCCCc1nnc2n1CCCCC2. The van der Waals surface area contributed by atoms with Crippen LogP contribution in [0.15, 0.2) is 15.6 Å². The Hall–Kier alpha value is -2.38. The molecular weight excluding hydrogens is 366 g/mol. The Morgan fingerprint density at radius 1 is 1.21 bits per heavy atom. The summed E-state index contributed by atoms with van der Waals surface area (Å²) in [4.78, 5) is 8.95. The standard InChI is InChI=1S/C21H35N7O/c1-5-22-20(25-15-19-24-14-16(29-19)21(2,3)4)23-12-9-11-18-27-26-17-10-7-6-8-13-28(17)18/h14H,5-13,15H2,1-4H3,(H2,22,23,25). The van der Waals surface area contributed by atoms with E-state index >= 15 is 0 Å². The molecule has 0 spiro atoms. The largest absolute Gasteiger partial charge is 0.443 e. The van der Waals surface area contributed by atoms with Crippen LogP contribution in [0.1, 0.15) is 76.7 Å². The van der Waals surface area contributed by atoms with Crippen molar-refractivity contribution in [1.82, 2.24) is 30.4 Å². The van der Waals surface area contributed by atoms with Gasteiger partial charge in [-0.2, -0.15) is 0 Å². The number of hydrogen-bond acceptors (Lipinski definition) is 5. The molecule has 8 heteroatoms. The zero-order chi connectivity index (χ0) is 20.7. The third-order valence-electron chi connectivity index (χ3n) is 5.07. The molecule has 0 bridgehead atoms. The number of nitrogens with zero attached hydrogens (tertiary/aromatic N) is 5. The van der Waals surface area contributed by atoms with E-state index in [0.717, 1.165) is 62.3 Å². The lowest BCUT2D eigenvalue weighted by atomic mass is 9.94. The number of rotatable bonds is 7. The lowest BCUT2D eigenvalue weighted by Crippen LogP contribution is -2.37. The summed E-state index contributed by atoms with van der Waals surface area (Å²) < 4.78 is 8.14. The zero-order valence-corrected chi connectivity index (χ0v) is 18.3. The normalized spacial score (nSPS) is 15.1. The Morgan fingerprint density at radius 2 is 2.07 bits per heavy atom. The van der Waals surface area contributed by atoms with Gasteiger partial charge in [-0.05, 0) is 26.2 Å². The molecule has 0 amide bonds. The molecule has 3 rings (SSSR count). The van der Waals surface area contributed by atoms with Gasteiger partial charge in [-0.15, -0.1) is 10.2 Å². The van der Waals surface area contributed by atoms with Gasteiger partial charge in [0.1, 0.15) is 24.0 Å². The summed E-state index contributed by atoms with van der Waals surface area (Å²) in [6.45, 7) is 11.5. The van der Waals surface area contributed by atoms with Gasteiger partial charge in [0.05, 0.1) is 6.20 Å². The molecule has 0 radical (unpaired) electrons. The van der Waals surface area contributed by atoms with E-state index in [1.54, 1.807) is 6.20 Å². The molecule has 0 aromatic carbocycles. The Bertz CT molecular complexity index is 800. The minimum absolute atomic E-state index is 0.0440. The van der Waals surface area contributed by atoms with Crippen LogP contribution in [-0.4, -0.2) is 38.8 Å². The first-order valence-electron chi connectivity index (χ1n) is 10.9. The molecule has 0 unspecified atom stereocenters. The van der Waals surface area contributed by atoms with E-state index in [1.165, 1.54) is 19.3 Å². The van der Waals surface area contributed by atoms with Gasteiger partial charge in [0.2, 0.25) is 5.89 Å². The number of aromatic nitrogens is 4. The Labute approximate surface area is 173 Å². The molecule has 0 aliphatic carbocycles. The molecule has 1 aliphatic rings. The molecule has 29 heavy (non-hydrogen) atoms. The number of fused-ring (bicyclic) bond motifs is 1. The van der Waals surface area contributed by atoms with Crippen LogP contribution in [0, 0.1) is 0 Å². The molecule has 1 aliphatic heterocycles. The van der Waals surface area contributed by atoms with Gasteiger partial charge in [0, 0.05) is 37.9 Å². The van der Waals surface area contributed by atoms with E-state index in [-0.39, 0.29) is 5.41 Å². The summed E-state index contributed by atoms with van der Waals surface area (Å²) in [5, 5.41) is 15.5. The van der Waals surface area contributed by atoms with Crippen LogP contribution in [0.4, 0.5) is 0 Å². The minimum atomic E-state index is -0.0440. The van der Waals surface area contributed by atoms with Crippen molar-refractivity contribution in [2.45, 2.75) is 84.7 Å². The van der Waals surface area contributed by atoms with Crippen LogP contribution >= 0.6 is 0 Å². The van der Waals surface area contributed by atoms with Crippen LogP contribution in [-0.2, 0) is 31.3 Å². The highest BCUT2D eigenvalue weighted by molar-refractivity contribution is 5.79. The van der Waals surface area contributed by atoms with Gasteiger partial charge < -0.3 is 19.6 Å². The first-order valence-corrected chi connectivity index (χ1v) is 10.9. The minimum Gasteiger partial charge on any atom is -0.443 e. The highest BCUT2D eigenvalue weighted by Crippen LogP contribution is 2.22. The van der Waals surface area contributed by atoms with Crippen LogP contribution < -0.4 is 10.6 Å². The van der Waals surface area contributed by atoms with E-state index in [2.05, 4.69) is 63.1 Å². The maximum atomic E-state index is 5.82. The average Bonchev–Trinajstić information content (AvgIpc) is 3.24. The van der Waals surface area contributed by atoms with E-state index in [1.807, 2.05) is 0 Å². The third kappa shape index (κ3) is 6.05. The van der Waals surface area contributed by atoms with Crippen molar-refractivity contribution in [2.24, 2.45) is 4.99 Å². The second-order valence-electron chi connectivity index (χ2n) is 8.59. The topological polar surface area (TPSA) is 93.2 Å². The summed E-state index contributed by atoms with van der Waals surface area (Å²) in [6.07, 6.45) is 8.50. The number of guanidine groups is 1. The highest BCUT2D eigenvalue weighted by Gasteiger charge is 2.19. The van der Waals surface area contributed by atoms with Crippen molar-refractivity contribution in [3.63, 3.8) is 0 Å². The number of aryl methyl sites for hydroxylation is 2. The van der Waals surface area contributed by atoms with E-state index in [9.17, 15) is 0 Å². The fourth-order valence-corrected chi connectivity index (χ4v) is 3.40. The second kappa shape index (κ2) is 9.89. The first-order chi connectivity index (χ1) is 14.0. The Morgan fingerprint density at radius 3 is 2.83 bits per heavy atom. The van der Waals surface area contributed by atoms with Crippen molar-refractivity contribution in [3.05, 3.63) is 29.5 Å². The fourth-order valence-electron chi connectivity index (χ4n) is 3.40. The van der Waals surface area contributed by atoms with E-state index in [0.29, 0.717) is 12.4 Å². The van der Waals surface area contributed by atoms with Gasteiger partial charge in [-0.25, -0.2) is 9.98 Å². The van der Waals surface area contributed by atoms with E-state index < -0.39 is 0 Å². The summed E-state index contributed by atoms with van der Waals surface area (Å²) in [6, 6.07) is 0. The van der Waals surface area contributed by atoms with Gasteiger partial charge >= 0.3 is 0 Å². The maximum Gasteiger partial charge on any atom is 0.216 e. The Kier molecular flexibility index (Phi) is 7.28. The van der Waals surface area contributed by atoms with Crippen molar-refractivity contribution >= 4 is 5.96 Å². The lowest BCUT2D eigenvalue weighted by Gasteiger charge is -2.13. The molecule has 0 fully saturated rings. The predicted octanol–water partition coefficient (Wildman–Crippen LogP) is 2.98. The molecule has 160 valence electrons. The molecule has 3 heterocycles. The summed E-state index contributed by atoms with van der Waals surface area (Å²) in [5.74, 6) is 4.57. The molecular formula is C21H35N7O. The summed E-state index contributed by atoms with van der Waals surface area (Å²) in [5.41, 5.74) is -0.0440. The maximum absolute atomic E-state index is 5.82. The van der Waals surface area contributed by atoms with Gasteiger partial charge in [0.15, 0.2) is 5.96 Å². The van der Waals surface area contributed by atoms with Crippen molar-refractivity contribution < 1.29 is 4.42 Å². The molecule has 2 aromatic rings. The van der Waals surface area contributed by atoms with Crippen LogP contribution in [0.3, 0.4) is 0 Å². The highest BCUT2D eigenvalue weighted by atomic mass is 16.4. The number of hydrogen-bond donors (Lipinski definition) is 2. The van der Waals surface area contributed by atoms with Gasteiger partial charge in [-0.3, -0.25) is 0 Å². The van der Waals surface area contributed by atoms with Crippen molar-refractivity contribution in [1.29, 1.82) is 0 Å². The van der Waals surface area contributed by atoms with Crippen LogP contribution in [0.5, 0.6) is 0 Å². The molecule has 2 N–H and O–H groups in total. The smallest absolute Gasteiger partial charge is 0.216 e. The zero-order valence-electron chi connectivity index (χ0n) is 18.3. The quantitative estimate of drug-likeness (QED) is 0.421. The summed E-state index contributed by atoms with van der Waals surface area (Å²) >= 11 is 0. The number of oxazole rings is 1. The predicted molar refractivity (Wildman–Crippen MR) is 114 cm³/mol. The molecule has 0 saturated heterocycles. The van der Waals surface area contributed by atoms with Crippen molar-refractivity contribution in [3.8, 4) is 0 Å². The third-order valence-corrected chi connectivity index (χ3v) is 5.07. The average molecular weight is 402 g/mol. The second-order valence-corrected chi connectivity index (χ2v) is 8.59. The molecule has 2 aromatic heterocycles. The fraction of sp³-hybridized carbons (Fsp3) is 0.714. The number of aliphatic imine (C=N–C) groups is 1. The van der Waals surface area contributed by atoms with E-state index in [4.69, 9.17) is 4.42 Å². The first kappa shape index (κ1) is 21.3. The van der Waals surface area contributed by atoms with Crippen LogP contribution in [0.25, 0.3) is 0 Å². The van der Waals surface area contributed by atoms with Gasteiger partial charge in [0.25, 0.3) is 0 Å². The Balaban J connectivity index is 1.49. The van der Waals surface area contributed by atoms with Crippen LogP contribution in [0.2, 0.25) is 0 Å². The number of nitrogens with one attached hydrogen (secondary N) is 2. The summed E-state index contributed by atoms with van der Waals surface area (Å²) in [7, 11) is 0. The van der Waals surface area contributed by atoms with Gasteiger partial charge in [-0.1, -0.05) is 27.2 Å². The monoisotopic (exact) mass is 401 g/mol. The lowest BCUT2D eigenvalue weighted by molar-refractivity contribution is 0.383. The molecule has 8 nitrogen and oxygen atoms in total. The molecule has 0 saturated carbocycles. The van der Waals surface area contributed by atoms with Crippen molar-refractivity contribution in [2.75, 3.05) is 13.1 Å².